The van der Waals surface area contributed by atoms with Crippen LogP contribution in [0.15, 0.2) is 46.3 Å². The number of nitrogens with one attached hydrogen (secondary N) is 3. The standard InChI is InChI=1S/C24H28N8O6S2/c1-24(2,3)26-8-15(33)27-13-4-6-31(7-5-13)9-12-10-39-21-17(20(35)32(21)18(12)22(36)37)29-19(34)16(30-38)14-11-40-23(25)28-14/h4-7,11,17,21,26H,8-10H2,1-3H3,(H5,25,28,29,34,36,37,38)/t17-,21?/m1/s1. The summed E-state index contributed by atoms with van der Waals surface area (Å²) < 4.78 is 1.72. The number of oxime groups is 1. The van der Waals surface area contributed by atoms with Crippen molar-refractivity contribution in [1.82, 2.24) is 20.5 Å². The molecule has 0 radical (unpaired) electrons. The van der Waals surface area contributed by atoms with E-state index in [4.69, 9.17) is 5.73 Å². The summed E-state index contributed by atoms with van der Waals surface area (Å²) in [5.41, 5.74) is 5.77. The molecule has 6 N–H and O–H groups in total. The van der Waals surface area contributed by atoms with E-state index in [0.29, 0.717) is 11.3 Å². The predicted molar refractivity (Wildman–Crippen MR) is 145 cm³/mol. The number of hydrogen-bond donors (Lipinski definition) is 5. The highest BCUT2D eigenvalue weighted by Gasteiger charge is 2.53. The molecule has 4 rings (SSSR count). The number of carbonyl (C=O) groups is 4. The molecule has 0 saturated carbocycles. The van der Waals surface area contributed by atoms with E-state index in [9.17, 15) is 29.5 Å². The number of hydrogen-bond acceptors (Lipinski definition) is 12. The lowest BCUT2D eigenvalue weighted by Crippen LogP contribution is -2.71. The van der Waals surface area contributed by atoms with Gasteiger partial charge in [-0.3, -0.25) is 19.3 Å². The van der Waals surface area contributed by atoms with Crippen LogP contribution >= 0.6 is 23.1 Å². The van der Waals surface area contributed by atoms with Gasteiger partial charge in [-0.05, 0) is 20.8 Å². The van der Waals surface area contributed by atoms with E-state index in [1.54, 1.807) is 29.1 Å². The number of fused-ring (bicyclic) bond motifs is 1. The van der Waals surface area contributed by atoms with E-state index in [1.165, 1.54) is 17.1 Å². The summed E-state index contributed by atoms with van der Waals surface area (Å²) in [4.78, 5) is 54.8. The van der Waals surface area contributed by atoms with E-state index >= 15 is 0 Å². The van der Waals surface area contributed by atoms with E-state index in [-0.39, 0.29) is 46.8 Å². The molecule has 212 valence electrons. The maximum atomic E-state index is 12.9. The SMILES string of the molecule is CC(C)(C)NCC(=O)Nc1cc[n+](CC2=C(C(=O)[O-])N3C(=O)[C@@H](NC(=O)/C(=N\O)c4csc(N)n4)C3SC2)cc1. The molecule has 14 nitrogen and oxygen atoms in total. The number of nitrogen functional groups attached to an aromatic ring is 1. The number of pyridine rings is 1. The molecule has 2 aromatic heterocycles. The summed E-state index contributed by atoms with van der Waals surface area (Å²) in [5, 5.41) is 33.6. The highest BCUT2D eigenvalue weighted by atomic mass is 32.2. The quantitative estimate of drug-likeness (QED) is 0.0763. The fourth-order valence-corrected chi connectivity index (χ4v) is 5.91. The molecule has 40 heavy (non-hydrogen) atoms. The topological polar surface area (TPSA) is 206 Å². The molecular formula is C24H28N8O6S2. The zero-order chi connectivity index (χ0) is 29.2. The lowest BCUT2D eigenvalue weighted by molar-refractivity contribution is -0.689. The number of amides is 3. The number of nitrogens with two attached hydrogens (primary N) is 1. The third-order valence-electron chi connectivity index (χ3n) is 5.93. The van der Waals surface area contributed by atoms with E-state index < -0.39 is 34.9 Å². The molecular weight excluding hydrogens is 560 g/mol. The Labute approximate surface area is 237 Å². The summed E-state index contributed by atoms with van der Waals surface area (Å²) in [5.74, 6) is -2.94. The Hall–Kier alpha value is -4.02. The average molecular weight is 589 g/mol. The number of aliphatic carboxylic acids is 1. The van der Waals surface area contributed by atoms with Gasteiger partial charge in [-0.25, -0.2) is 9.55 Å². The first-order chi connectivity index (χ1) is 18.9. The Morgan fingerprint density at radius 3 is 2.58 bits per heavy atom. The van der Waals surface area contributed by atoms with Gasteiger partial charge in [-0.15, -0.1) is 23.1 Å². The molecule has 2 aliphatic heterocycles. The number of carbonyl (C=O) groups excluding carboxylic acids is 4. The van der Waals surface area contributed by atoms with Gasteiger partial charge in [0.25, 0.3) is 11.8 Å². The van der Waals surface area contributed by atoms with Crippen LogP contribution in [-0.2, 0) is 25.7 Å². The summed E-state index contributed by atoms with van der Waals surface area (Å²) in [7, 11) is 0. The fourth-order valence-electron chi connectivity index (χ4n) is 4.03. The lowest BCUT2D eigenvalue weighted by Gasteiger charge is -2.50. The molecule has 0 spiro atoms. The molecule has 1 saturated heterocycles. The predicted octanol–water partition coefficient (Wildman–Crippen LogP) is -1.38. The molecule has 0 aliphatic carbocycles. The van der Waals surface area contributed by atoms with Crippen molar-refractivity contribution in [3.8, 4) is 0 Å². The highest BCUT2D eigenvalue weighted by molar-refractivity contribution is 8.00. The second-order valence-corrected chi connectivity index (χ2v) is 12.0. The van der Waals surface area contributed by atoms with Crippen molar-refractivity contribution in [3.63, 3.8) is 0 Å². The monoisotopic (exact) mass is 588 g/mol. The molecule has 16 heteroatoms. The molecule has 1 fully saturated rings. The third-order valence-corrected chi connectivity index (χ3v) is 7.95. The normalized spacial score (nSPS) is 19.1. The van der Waals surface area contributed by atoms with Gasteiger partial charge in [0.2, 0.25) is 5.91 Å². The molecule has 3 amide bonds. The van der Waals surface area contributed by atoms with E-state index in [1.807, 2.05) is 20.8 Å². The summed E-state index contributed by atoms with van der Waals surface area (Å²) in [6.45, 7) is 6.19. The first-order valence-electron chi connectivity index (χ1n) is 12.0. The molecule has 1 unspecified atom stereocenters. The van der Waals surface area contributed by atoms with Gasteiger partial charge in [-0.1, -0.05) is 5.16 Å². The van der Waals surface area contributed by atoms with Crippen LogP contribution in [0.1, 0.15) is 26.5 Å². The Balaban J connectivity index is 1.42. The highest BCUT2D eigenvalue weighted by Crippen LogP contribution is 2.40. The van der Waals surface area contributed by atoms with Crippen LogP contribution in [0.4, 0.5) is 10.8 Å². The molecule has 2 aliphatic rings. The van der Waals surface area contributed by atoms with Crippen molar-refractivity contribution in [3.05, 3.63) is 46.9 Å². The van der Waals surface area contributed by atoms with Crippen LogP contribution in [-0.4, -0.2) is 73.7 Å². The van der Waals surface area contributed by atoms with Gasteiger partial charge in [-0.2, -0.15) is 0 Å². The van der Waals surface area contributed by atoms with Crippen LogP contribution in [0.3, 0.4) is 0 Å². The number of nitrogens with zero attached hydrogens (tertiary/aromatic N) is 4. The van der Waals surface area contributed by atoms with Gasteiger partial charge < -0.3 is 36.8 Å². The van der Waals surface area contributed by atoms with Gasteiger partial charge in [0.05, 0.1) is 23.9 Å². The third kappa shape index (κ3) is 6.40. The van der Waals surface area contributed by atoms with Crippen LogP contribution in [0.25, 0.3) is 0 Å². The molecule has 4 heterocycles. The summed E-state index contributed by atoms with van der Waals surface area (Å²) >= 11 is 2.33. The van der Waals surface area contributed by atoms with Crippen LogP contribution in [0.2, 0.25) is 0 Å². The number of β-lactam (4-membered cyclic amide) rings is 1. The van der Waals surface area contributed by atoms with E-state index in [0.717, 1.165) is 16.2 Å². The minimum absolute atomic E-state index is 0.0456. The number of carboxylic acid groups (broad SMARTS) is 1. The molecule has 2 aromatic rings. The van der Waals surface area contributed by atoms with E-state index in [2.05, 4.69) is 26.1 Å². The Morgan fingerprint density at radius 2 is 2.00 bits per heavy atom. The first kappa shape index (κ1) is 29.0. The molecule has 2 atom stereocenters. The number of rotatable bonds is 9. The second-order valence-electron chi connectivity index (χ2n) is 10.0. The van der Waals surface area contributed by atoms with Crippen molar-refractivity contribution in [2.24, 2.45) is 5.16 Å². The maximum absolute atomic E-state index is 12.9. The summed E-state index contributed by atoms with van der Waals surface area (Å²) in [6, 6.07) is 2.33. The molecule has 0 aromatic carbocycles. The van der Waals surface area contributed by atoms with Gasteiger partial charge in [0.1, 0.15) is 17.1 Å². The number of anilines is 2. The number of aromatic nitrogens is 2. The zero-order valence-corrected chi connectivity index (χ0v) is 23.5. The second kappa shape index (κ2) is 11.6. The minimum Gasteiger partial charge on any atom is -0.543 e. The number of thioether (sulfide) groups is 1. The lowest BCUT2D eigenvalue weighted by atomic mass is 10.0. The maximum Gasteiger partial charge on any atom is 0.276 e. The van der Waals surface area contributed by atoms with Crippen molar-refractivity contribution in [1.29, 1.82) is 0 Å². The van der Waals surface area contributed by atoms with Crippen molar-refractivity contribution in [2.75, 3.05) is 23.3 Å². The van der Waals surface area contributed by atoms with Crippen LogP contribution < -0.4 is 31.4 Å². The average Bonchev–Trinajstić information content (AvgIpc) is 3.32. The first-order valence-corrected chi connectivity index (χ1v) is 14.0. The molecule has 0 bridgehead atoms. The van der Waals surface area contributed by atoms with Crippen LogP contribution in [0.5, 0.6) is 0 Å². The Bertz CT molecular complexity index is 1400. The minimum atomic E-state index is -1.51. The fraction of sp³-hybridized carbons (Fsp3) is 0.375. The van der Waals surface area contributed by atoms with Crippen LogP contribution in [0, 0.1) is 0 Å². The van der Waals surface area contributed by atoms with Gasteiger partial charge in [0.15, 0.2) is 29.8 Å². The Morgan fingerprint density at radius 1 is 1.30 bits per heavy atom. The Kier molecular flexibility index (Phi) is 8.41. The van der Waals surface area contributed by atoms with Crippen molar-refractivity contribution < 1.29 is 34.1 Å². The summed E-state index contributed by atoms with van der Waals surface area (Å²) in [6.07, 6.45) is 3.37. The number of carboxylic acids is 1. The van der Waals surface area contributed by atoms with Gasteiger partial charge >= 0.3 is 0 Å². The largest absolute Gasteiger partial charge is 0.543 e. The zero-order valence-electron chi connectivity index (χ0n) is 21.8. The van der Waals surface area contributed by atoms with Crippen molar-refractivity contribution in [2.45, 2.75) is 44.3 Å². The number of thiazole rings is 1. The van der Waals surface area contributed by atoms with Gasteiger partial charge in [0, 0.05) is 34.4 Å². The smallest absolute Gasteiger partial charge is 0.276 e. The van der Waals surface area contributed by atoms with Crippen molar-refractivity contribution >= 4 is 63.3 Å².